The third kappa shape index (κ3) is 4.84. The molecule has 2 rings (SSSR count). The van der Waals surface area contributed by atoms with Gasteiger partial charge in [-0.1, -0.05) is 18.2 Å². The SMILES string of the molecule is COc1ccc(NCCCNC(=O)c2ccccc2)cc1. The molecule has 2 aromatic carbocycles. The standard InChI is InChI=1S/C17H20N2O2/c1-21-16-10-8-15(9-11-16)18-12-5-13-19-17(20)14-6-3-2-4-7-14/h2-4,6-11,18H,5,12-13H2,1H3,(H,19,20). The van der Waals surface area contributed by atoms with Crippen molar-refractivity contribution < 1.29 is 9.53 Å². The quantitative estimate of drug-likeness (QED) is 0.769. The lowest BCUT2D eigenvalue weighted by Gasteiger charge is -2.08. The van der Waals surface area contributed by atoms with Crippen molar-refractivity contribution in [3.8, 4) is 5.75 Å². The summed E-state index contributed by atoms with van der Waals surface area (Å²) < 4.78 is 5.11. The number of anilines is 1. The lowest BCUT2D eigenvalue weighted by atomic mass is 10.2. The molecule has 0 spiro atoms. The fourth-order valence-corrected chi connectivity index (χ4v) is 1.92. The molecule has 2 N–H and O–H groups in total. The highest BCUT2D eigenvalue weighted by Gasteiger charge is 2.02. The highest BCUT2D eigenvalue weighted by Crippen LogP contribution is 2.14. The van der Waals surface area contributed by atoms with Crippen LogP contribution in [0.5, 0.6) is 5.75 Å². The van der Waals surface area contributed by atoms with Crippen LogP contribution in [0, 0.1) is 0 Å². The van der Waals surface area contributed by atoms with Gasteiger partial charge in [0.25, 0.3) is 5.91 Å². The second-order valence-corrected chi connectivity index (χ2v) is 4.63. The number of carbonyl (C=O) groups is 1. The van der Waals surface area contributed by atoms with Crippen molar-refractivity contribution in [1.29, 1.82) is 0 Å². The summed E-state index contributed by atoms with van der Waals surface area (Å²) in [5.41, 5.74) is 1.74. The Labute approximate surface area is 125 Å². The van der Waals surface area contributed by atoms with Crippen LogP contribution in [-0.2, 0) is 0 Å². The van der Waals surface area contributed by atoms with E-state index >= 15 is 0 Å². The average Bonchev–Trinajstić information content (AvgIpc) is 2.55. The van der Waals surface area contributed by atoms with Crippen LogP contribution in [0.25, 0.3) is 0 Å². The van der Waals surface area contributed by atoms with Gasteiger partial charge in [-0.05, 0) is 42.8 Å². The van der Waals surface area contributed by atoms with Crippen molar-refractivity contribution in [2.24, 2.45) is 0 Å². The predicted octanol–water partition coefficient (Wildman–Crippen LogP) is 2.93. The van der Waals surface area contributed by atoms with Gasteiger partial charge in [-0.25, -0.2) is 0 Å². The summed E-state index contributed by atoms with van der Waals surface area (Å²) in [6.07, 6.45) is 0.866. The van der Waals surface area contributed by atoms with E-state index in [1.807, 2.05) is 54.6 Å². The molecule has 2 aromatic rings. The average molecular weight is 284 g/mol. The molecule has 0 aliphatic rings. The molecule has 0 fully saturated rings. The molecular formula is C17H20N2O2. The molecule has 0 unspecified atom stereocenters. The minimum atomic E-state index is -0.0277. The number of nitrogens with one attached hydrogen (secondary N) is 2. The van der Waals surface area contributed by atoms with Crippen LogP contribution < -0.4 is 15.4 Å². The molecular weight excluding hydrogens is 264 g/mol. The first-order valence-electron chi connectivity index (χ1n) is 7.01. The smallest absolute Gasteiger partial charge is 0.251 e. The summed E-state index contributed by atoms with van der Waals surface area (Å²) in [6.45, 7) is 1.46. The Hall–Kier alpha value is -2.49. The van der Waals surface area contributed by atoms with Gasteiger partial charge in [-0.2, -0.15) is 0 Å². The number of amides is 1. The number of methoxy groups -OCH3 is 1. The summed E-state index contributed by atoms with van der Waals surface area (Å²) >= 11 is 0. The number of rotatable bonds is 7. The van der Waals surface area contributed by atoms with Crippen molar-refractivity contribution in [3.63, 3.8) is 0 Å². The van der Waals surface area contributed by atoms with Crippen molar-refractivity contribution >= 4 is 11.6 Å². The van der Waals surface area contributed by atoms with E-state index in [9.17, 15) is 4.79 Å². The Bertz CT molecular complexity index is 553. The minimum Gasteiger partial charge on any atom is -0.497 e. The molecule has 0 bridgehead atoms. The predicted molar refractivity (Wildman–Crippen MR) is 84.9 cm³/mol. The van der Waals surface area contributed by atoms with Crippen LogP contribution in [0.2, 0.25) is 0 Å². The van der Waals surface area contributed by atoms with Gasteiger partial charge in [0.1, 0.15) is 5.75 Å². The highest BCUT2D eigenvalue weighted by atomic mass is 16.5. The zero-order valence-corrected chi connectivity index (χ0v) is 12.1. The van der Waals surface area contributed by atoms with Gasteiger partial charge in [0.05, 0.1) is 7.11 Å². The van der Waals surface area contributed by atoms with E-state index in [1.165, 1.54) is 0 Å². The lowest BCUT2D eigenvalue weighted by Crippen LogP contribution is -2.25. The van der Waals surface area contributed by atoms with Crippen molar-refractivity contribution in [2.75, 3.05) is 25.5 Å². The minimum absolute atomic E-state index is 0.0277. The molecule has 0 aromatic heterocycles. The van der Waals surface area contributed by atoms with Gasteiger partial charge in [-0.15, -0.1) is 0 Å². The highest BCUT2D eigenvalue weighted by molar-refractivity contribution is 5.94. The van der Waals surface area contributed by atoms with Crippen LogP contribution in [0.1, 0.15) is 16.8 Å². The van der Waals surface area contributed by atoms with Crippen molar-refractivity contribution in [1.82, 2.24) is 5.32 Å². The largest absolute Gasteiger partial charge is 0.497 e. The first kappa shape index (κ1) is 14.9. The zero-order valence-electron chi connectivity index (χ0n) is 12.1. The molecule has 0 saturated heterocycles. The molecule has 1 amide bonds. The molecule has 0 aliphatic carbocycles. The van der Waals surface area contributed by atoms with Gasteiger partial charge >= 0.3 is 0 Å². The molecule has 4 heteroatoms. The van der Waals surface area contributed by atoms with Crippen LogP contribution in [-0.4, -0.2) is 26.1 Å². The molecule has 0 heterocycles. The van der Waals surface area contributed by atoms with Gasteiger partial charge < -0.3 is 15.4 Å². The maximum Gasteiger partial charge on any atom is 0.251 e. The normalized spacial score (nSPS) is 9.95. The van der Waals surface area contributed by atoms with Gasteiger partial charge in [0, 0.05) is 24.3 Å². The first-order chi connectivity index (χ1) is 10.3. The van der Waals surface area contributed by atoms with Gasteiger partial charge in [0.15, 0.2) is 0 Å². The van der Waals surface area contributed by atoms with Crippen LogP contribution in [0.4, 0.5) is 5.69 Å². The van der Waals surface area contributed by atoms with E-state index in [0.717, 1.165) is 24.4 Å². The Balaban J connectivity index is 1.64. The number of hydrogen-bond acceptors (Lipinski definition) is 3. The first-order valence-corrected chi connectivity index (χ1v) is 7.01. The third-order valence-corrected chi connectivity index (χ3v) is 3.09. The Morgan fingerprint density at radius 2 is 1.71 bits per heavy atom. The van der Waals surface area contributed by atoms with E-state index in [2.05, 4.69) is 10.6 Å². The van der Waals surface area contributed by atoms with E-state index < -0.39 is 0 Å². The van der Waals surface area contributed by atoms with Crippen LogP contribution in [0.3, 0.4) is 0 Å². The zero-order chi connectivity index (χ0) is 14.9. The summed E-state index contributed by atoms with van der Waals surface area (Å²) in [6, 6.07) is 17.0. The number of hydrogen-bond donors (Lipinski definition) is 2. The van der Waals surface area contributed by atoms with E-state index in [4.69, 9.17) is 4.74 Å². The van der Waals surface area contributed by atoms with Crippen molar-refractivity contribution in [3.05, 3.63) is 60.2 Å². The monoisotopic (exact) mass is 284 g/mol. The Morgan fingerprint density at radius 3 is 2.38 bits per heavy atom. The summed E-state index contributed by atoms with van der Waals surface area (Å²) in [5, 5.41) is 6.21. The number of carbonyl (C=O) groups excluding carboxylic acids is 1. The Kier molecular flexibility index (Phi) is 5.64. The fraction of sp³-hybridized carbons (Fsp3) is 0.235. The maximum absolute atomic E-state index is 11.8. The third-order valence-electron chi connectivity index (χ3n) is 3.09. The molecule has 0 saturated carbocycles. The Morgan fingerprint density at radius 1 is 1.00 bits per heavy atom. The maximum atomic E-state index is 11.8. The number of ether oxygens (including phenoxy) is 1. The molecule has 0 atom stereocenters. The van der Waals surface area contributed by atoms with E-state index in [-0.39, 0.29) is 5.91 Å². The molecule has 21 heavy (non-hydrogen) atoms. The second-order valence-electron chi connectivity index (χ2n) is 4.63. The van der Waals surface area contributed by atoms with E-state index in [1.54, 1.807) is 7.11 Å². The van der Waals surface area contributed by atoms with Crippen molar-refractivity contribution in [2.45, 2.75) is 6.42 Å². The van der Waals surface area contributed by atoms with Crippen LogP contribution >= 0.6 is 0 Å². The van der Waals surface area contributed by atoms with Crippen LogP contribution in [0.15, 0.2) is 54.6 Å². The fourth-order valence-electron chi connectivity index (χ4n) is 1.92. The van der Waals surface area contributed by atoms with Gasteiger partial charge in [0.2, 0.25) is 0 Å². The molecule has 0 aliphatic heterocycles. The summed E-state index contributed by atoms with van der Waals surface area (Å²) in [4.78, 5) is 11.8. The topological polar surface area (TPSA) is 50.4 Å². The number of benzene rings is 2. The molecule has 110 valence electrons. The van der Waals surface area contributed by atoms with E-state index in [0.29, 0.717) is 12.1 Å². The molecule has 4 nitrogen and oxygen atoms in total. The second kappa shape index (κ2) is 7.94. The lowest BCUT2D eigenvalue weighted by molar-refractivity contribution is 0.0953. The summed E-state index contributed by atoms with van der Waals surface area (Å²) in [7, 11) is 1.65. The summed E-state index contributed by atoms with van der Waals surface area (Å²) in [5.74, 6) is 0.815. The van der Waals surface area contributed by atoms with Gasteiger partial charge in [-0.3, -0.25) is 4.79 Å². The molecule has 0 radical (unpaired) electrons.